The zero-order chi connectivity index (χ0) is 18.7. The summed E-state index contributed by atoms with van der Waals surface area (Å²) in [7, 11) is 0. The Labute approximate surface area is 149 Å². The number of hydrogen-bond acceptors (Lipinski definition) is 4. The Kier molecular flexibility index (Phi) is 4.48. The number of aromatic amines is 1. The quantitative estimate of drug-likeness (QED) is 0.392. The van der Waals surface area contributed by atoms with E-state index in [-0.39, 0.29) is 11.4 Å². The molecule has 1 aromatic heterocycles. The molecule has 0 aliphatic heterocycles. The van der Waals surface area contributed by atoms with Gasteiger partial charge in [-0.25, -0.2) is 4.79 Å². The van der Waals surface area contributed by atoms with Crippen molar-refractivity contribution in [1.29, 1.82) is 0 Å². The van der Waals surface area contributed by atoms with Gasteiger partial charge in [0.25, 0.3) is 5.91 Å². The van der Waals surface area contributed by atoms with Crippen LogP contribution in [-0.2, 0) is 0 Å². The van der Waals surface area contributed by atoms with Crippen molar-refractivity contribution >= 4 is 34.8 Å². The summed E-state index contributed by atoms with van der Waals surface area (Å²) in [6, 6.07) is 15.6. The lowest BCUT2D eigenvalue weighted by molar-refractivity contribution is 0.100. The number of carbonyl (C=O) groups is 2. The molecule has 3 aromatic rings. The topological polar surface area (TPSA) is 152 Å². The standard InChI is InChI=1S/C18H18N6O2/c19-10-5-7-11(8-6-10)22-14-4-2-1-3-12(14)15-9-13(16(20)25)17(23-15)24-18(21)26/h1-9,22-23H,19H2,(H2,20,25)(H3,21,24,26). The number of para-hydroxylation sites is 1. The summed E-state index contributed by atoms with van der Waals surface area (Å²) in [5.41, 5.74) is 20.1. The number of primary amides is 2. The van der Waals surface area contributed by atoms with Crippen molar-refractivity contribution < 1.29 is 9.59 Å². The third kappa shape index (κ3) is 3.59. The third-order valence-corrected chi connectivity index (χ3v) is 3.74. The first-order chi connectivity index (χ1) is 12.4. The van der Waals surface area contributed by atoms with Gasteiger partial charge in [0.15, 0.2) is 0 Å². The van der Waals surface area contributed by atoms with Gasteiger partial charge in [-0.3, -0.25) is 10.1 Å². The largest absolute Gasteiger partial charge is 0.399 e. The van der Waals surface area contributed by atoms with E-state index in [0.29, 0.717) is 11.4 Å². The molecule has 0 unspecified atom stereocenters. The Morgan fingerprint density at radius 3 is 2.31 bits per heavy atom. The fraction of sp³-hybridized carbons (Fsp3) is 0. The summed E-state index contributed by atoms with van der Waals surface area (Å²) in [6.07, 6.45) is 0. The number of nitrogens with two attached hydrogens (primary N) is 3. The number of nitrogens with one attached hydrogen (secondary N) is 3. The van der Waals surface area contributed by atoms with Crippen LogP contribution in [0.15, 0.2) is 54.6 Å². The molecule has 9 N–H and O–H groups in total. The van der Waals surface area contributed by atoms with Gasteiger partial charge in [0.05, 0.1) is 5.56 Å². The number of urea groups is 1. The lowest BCUT2D eigenvalue weighted by Crippen LogP contribution is -2.22. The van der Waals surface area contributed by atoms with Crippen molar-refractivity contribution in [1.82, 2.24) is 4.98 Å². The molecule has 3 amide bonds. The van der Waals surface area contributed by atoms with Gasteiger partial charge in [-0.2, -0.15) is 0 Å². The first-order valence-corrected chi connectivity index (χ1v) is 7.75. The molecule has 2 aromatic carbocycles. The van der Waals surface area contributed by atoms with Crippen molar-refractivity contribution in [2.75, 3.05) is 16.4 Å². The normalized spacial score (nSPS) is 10.3. The summed E-state index contributed by atoms with van der Waals surface area (Å²) in [4.78, 5) is 25.8. The van der Waals surface area contributed by atoms with Gasteiger partial charge < -0.3 is 27.5 Å². The number of nitrogen functional groups attached to an aromatic ring is 1. The lowest BCUT2D eigenvalue weighted by Gasteiger charge is -2.11. The molecule has 0 aliphatic rings. The van der Waals surface area contributed by atoms with E-state index in [1.165, 1.54) is 0 Å². The predicted octanol–water partition coefficient (Wildman–Crippen LogP) is 2.60. The number of amides is 3. The van der Waals surface area contributed by atoms with E-state index >= 15 is 0 Å². The molecule has 3 rings (SSSR count). The van der Waals surface area contributed by atoms with Crippen LogP contribution in [0, 0.1) is 0 Å². The highest BCUT2D eigenvalue weighted by atomic mass is 16.2. The minimum atomic E-state index is -0.797. The highest BCUT2D eigenvalue weighted by Crippen LogP contribution is 2.32. The van der Waals surface area contributed by atoms with Crippen molar-refractivity contribution in [3.05, 3.63) is 60.2 Å². The third-order valence-electron chi connectivity index (χ3n) is 3.74. The first-order valence-electron chi connectivity index (χ1n) is 7.75. The second kappa shape index (κ2) is 6.89. The van der Waals surface area contributed by atoms with E-state index in [4.69, 9.17) is 17.2 Å². The van der Waals surface area contributed by atoms with E-state index in [0.717, 1.165) is 16.9 Å². The molecule has 8 heteroatoms. The number of carbonyl (C=O) groups excluding carboxylic acids is 2. The number of hydrogen-bond donors (Lipinski definition) is 6. The minimum absolute atomic E-state index is 0.140. The van der Waals surface area contributed by atoms with Gasteiger partial charge in [-0.15, -0.1) is 0 Å². The SMILES string of the molecule is NC(=O)Nc1[nH]c(-c2ccccc2Nc2ccc(N)cc2)cc1C(N)=O. The van der Waals surface area contributed by atoms with Crippen LogP contribution in [0.1, 0.15) is 10.4 Å². The summed E-state index contributed by atoms with van der Waals surface area (Å²) < 4.78 is 0. The van der Waals surface area contributed by atoms with Crippen LogP contribution in [0.5, 0.6) is 0 Å². The lowest BCUT2D eigenvalue weighted by atomic mass is 10.1. The van der Waals surface area contributed by atoms with E-state index in [9.17, 15) is 9.59 Å². The summed E-state index contributed by atoms with van der Waals surface area (Å²) in [6.45, 7) is 0. The zero-order valence-electron chi connectivity index (χ0n) is 13.7. The molecule has 0 aliphatic carbocycles. The molecule has 0 radical (unpaired) electrons. The maximum Gasteiger partial charge on any atom is 0.317 e. The van der Waals surface area contributed by atoms with Crippen LogP contribution in [0.25, 0.3) is 11.3 Å². The van der Waals surface area contributed by atoms with Crippen molar-refractivity contribution in [2.45, 2.75) is 0 Å². The second-order valence-electron chi connectivity index (χ2n) is 5.62. The molecule has 0 saturated carbocycles. The molecular weight excluding hydrogens is 332 g/mol. The molecule has 0 fully saturated rings. The van der Waals surface area contributed by atoms with E-state index in [1.807, 2.05) is 36.4 Å². The Morgan fingerprint density at radius 2 is 1.65 bits per heavy atom. The molecule has 132 valence electrons. The average molecular weight is 350 g/mol. The zero-order valence-corrected chi connectivity index (χ0v) is 13.7. The summed E-state index contributed by atoms with van der Waals surface area (Å²) in [5, 5.41) is 5.66. The number of aromatic nitrogens is 1. The van der Waals surface area contributed by atoms with Crippen molar-refractivity contribution in [3.8, 4) is 11.3 Å². The predicted molar refractivity (Wildman–Crippen MR) is 102 cm³/mol. The minimum Gasteiger partial charge on any atom is -0.399 e. The average Bonchev–Trinajstić information content (AvgIpc) is 3.00. The van der Waals surface area contributed by atoms with Gasteiger partial charge in [-0.1, -0.05) is 18.2 Å². The fourth-order valence-electron chi connectivity index (χ4n) is 2.56. The number of rotatable bonds is 5. The van der Waals surface area contributed by atoms with Gasteiger partial charge in [-0.05, 0) is 36.4 Å². The van der Waals surface area contributed by atoms with Crippen LogP contribution in [0.3, 0.4) is 0 Å². The van der Waals surface area contributed by atoms with Crippen LogP contribution in [0.2, 0.25) is 0 Å². The van der Waals surface area contributed by atoms with Gasteiger partial charge in [0.1, 0.15) is 5.82 Å². The van der Waals surface area contributed by atoms with Gasteiger partial charge in [0, 0.05) is 28.3 Å². The van der Waals surface area contributed by atoms with Gasteiger partial charge in [0.2, 0.25) is 0 Å². The van der Waals surface area contributed by atoms with Crippen LogP contribution in [-0.4, -0.2) is 16.9 Å². The molecule has 1 heterocycles. The Bertz CT molecular complexity index is 962. The molecule has 8 nitrogen and oxygen atoms in total. The monoisotopic (exact) mass is 350 g/mol. The molecule has 0 atom stereocenters. The Morgan fingerprint density at radius 1 is 0.962 bits per heavy atom. The fourth-order valence-corrected chi connectivity index (χ4v) is 2.56. The molecule has 0 saturated heterocycles. The van der Waals surface area contributed by atoms with E-state index in [1.54, 1.807) is 18.2 Å². The highest BCUT2D eigenvalue weighted by molar-refractivity contribution is 6.03. The Hall–Kier alpha value is -3.94. The van der Waals surface area contributed by atoms with E-state index in [2.05, 4.69) is 15.6 Å². The Balaban J connectivity index is 2.00. The second-order valence-corrected chi connectivity index (χ2v) is 5.62. The summed E-state index contributed by atoms with van der Waals surface area (Å²) in [5.74, 6) is -0.525. The smallest absolute Gasteiger partial charge is 0.317 e. The maximum atomic E-state index is 11.6. The van der Waals surface area contributed by atoms with Crippen LogP contribution < -0.4 is 27.8 Å². The van der Waals surface area contributed by atoms with Gasteiger partial charge >= 0.3 is 6.03 Å². The number of benzene rings is 2. The first kappa shape index (κ1) is 16.9. The van der Waals surface area contributed by atoms with E-state index < -0.39 is 11.9 Å². The molecule has 0 spiro atoms. The van der Waals surface area contributed by atoms with Crippen LogP contribution in [0.4, 0.5) is 27.7 Å². The van der Waals surface area contributed by atoms with Crippen LogP contribution >= 0.6 is 0 Å². The molecule has 26 heavy (non-hydrogen) atoms. The maximum absolute atomic E-state index is 11.6. The highest BCUT2D eigenvalue weighted by Gasteiger charge is 2.16. The summed E-state index contributed by atoms with van der Waals surface area (Å²) >= 11 is 0. The van der Waals surface area contributed by atoms with Crippen molar-refractivity contribution in [3.63, 3.8) is 0 Å². The molecular formula is C18H18N6O2. The number of H-pyrrole nitrogens is 1. The number of anilines is 4. The van der Waals surface area contributed by atoms with Crippen molar-refractivity contribution in [2.24, 2.45) is 11.5 Å². The molecule has 0 bridgehead atoms.